The molecule has 0 spiro atoms. The third-order valence-electron chi connectivity index (χ3n) is 3.93. The van der Waals surface area contributed by atoms with Gasteiger partial charge < -0.3 is 15.4 Å². The smallest absolute Gasteiger partial charge is 0.223 e. The molecular formula is C15H20N2O2. The number of hydrogen-bond acceptors (Lipinski definition) is 3. The maximum atomic E-state index is 12.2. The van der Waals surface area contributed by atoms with Crippen molar-refractivity contribution in [3.63, 3.8) is 0 Å². The molecule has 19 heavy (non-hydrogen) atoms. The number of hydrogen-bond donors (Lipinski definition) is 2. The molecule has 102 valence electrons. The van der Waals surface area contributed by atoms with Gasteiger partial charge in [0, 0.05) is 25.6 Å². The van der Waals surface area contributed by atoms with E-state index in [1.807, 2.05) is 12.1 Å². The van der Waals surface area contributed by atoms with Crippen molar-refractivity contribution in [1.29, 1.82) is 0 Å². The normalized spacial score (nSPS) is 23.1. The van der Waals surface area contributed by atoms with Crippen LogP contribution in [0.2, 0.25) is 0 Å². The summed E-state index contributed by atoms with van der Waals surface area (Å²) in [5, 5.41) is 6.29. The fourth-order valence-electron chi connectivity index (χ4n) is 2.85. The number of benzene rings is 1. The number of nitrogens with one attached hydrogen (secondary N) is 2. The van der Waals surface area contributed by atoms with Crippen LogP contribution in [0.5, 0.6) is 0 Å². The molecule has 1 aliphatic carbocycles. The molecule has 2 N–H and O–H groups in total. The van der Waals surface area contributed by atoms with E-state index in [2.05, 4.69) is 22.8 Å². The zero-order valence-electron chi connectivity index (χ0n) is 11.0. The lowest BCUT2D eigenvalue weighted by molar-refractivity contribution is -0.125. The van der Waals surface area contributed by atoms with E-state index in [4.69, 9.17) is 4.74 Å². The molecule has 4 heteroatoms. The minimum absolute atomic E-state index is 0.0916. The molecule has 1 fully saturated rings. The zero-order chi connectivity index (χ0) is 13.1. The number of carbonyl (C=O) groups excluding carboxylic acids is 1. The van der Waals surface area contributed by atoms with Crippen molar-refractivity contribution in [2.45, 2.75) is 18.9 Å². The summed E-state index contributed by atoms with van der Waals surface area (Å²) in [6.45, 7) is 3.07. The number of morpholine rings is 1. The molecule has 1 amide bonds. The highest BCUT2D eigenvalue weighted by Crippen LogP contribution is 2.26. The van der Waals surface area contributed by atoms with E-state index in [-0.39, 0.29) is 17.9 Å². The first kappa shape index (κ1) is 12.6. The van der Waals surface area contributed by atoms with Crippen molar-refractivity contribution >= 4 is 5.91 Å². The molecule has 1 heterocycles. The molecule has 3 rings (SSSR count). The van der Waals surface area contributed by atoms with Crippen molar-refractivity contribution in [1.82, 2.24) is 10.6 Å². The van der Waals surface area contributed by atoms with Gasteiger partial charge >= 0.3 is 0 Å². The molecule has 0 radical (unpaired) electrons. The van der Waals surface area contributed by atoms with Crippen LogP contribution in [0.4, 0.5) is 0 Å². The fourth-order valence-corrected chi connectivity index (χ4v) is 2.85. The van der Waals surface area contributed by atoms with Gasteiger partial charge in [-0.2, -0.15) is 0 Å². The molecule has 2 aliphatic rings. The Balaban J connectivity index is 1.49. The van der Waals surface area contributed by atoms with Crippen LogP contribution < -0.4 is 10.6 Å². The molecule has 1 aliphatic heterocycles. The average Bonchev–Trinajstić information content (AvgIpc) is 2.90. The number of amides is 1. The summed E-state index contributed by atoms with van der Waals surface area (Å²) in [5.74, 6) is 0.249. The Morgan fingerprint density at radius 1 is 1.32 bits per heavy atom. The highest BCUT2D eigenvalue weighted by molar-refractivity contribution is 5.80. The van der Waals surface area contributed by atoms with E-state index in [0.29, 0.717) is 6.54 Å². The molecule has 1 aromatic rings. The molecule has 1 unspecified atom stereocenters. The summed E-state index contributed by atoms with van der Waals surface area (Å²) in [6, 6.07) is 8.33. The standard InChI is InChI=1S/C15H20N2O2/c18-15(17-10-14-9-16-5-6-19-14)13-7-11-3-1-2-4-12(11)8-13/h1-4,13-14,16H,5-10H2,(H,17,18). The van der Waals surface area contributed by atoms with Crippen LogP contribution in [0, 0.1) is 5.92 Å². The lowest BCUT2D eigenvalue weighted by atomic mass is 10.1. The average molecular weight is 260 g/mol. The molecular weight excluding hydrogens is 240 g/mol. The SMILES string of the molecule is O=C(NCC1CNCCO1)C1Cc2ccccc2C1. The Hall–Kier alpha value is -1.39. The van der Waals surface area contributed by atoms with Gasteiger partial charge in [0.05, 0.1) is 12.7 Å². The topological polar surface area (TPSA) is 50.4 Å². The Kier molecular flexibility index (Phi) is 3.80. The Morgan fingerprint density at radius 3 is 2.68 bits per heavy atom. The second-order valence-electron chi connectivity index (χ2n) is 5.32. The highest BCUT2D eigenvalue weighted by atomic mass is 16.5. The highest BCUT2D eigenvalue weighted by Gasteiger charge is 2.27. The second kappa shape index (κ2) is 5.72. The van der Waals surface area contributed by atoms with Gasteiger partial charge in [-0.05, 0) is 24.0 Å². The van der Waals surface area contributed by atoms with Crippen LogP contribution in [0.1, 0.15) is 11.1 Å². The predicted molar refractivity (Wildman–Crippen MR) is 73.0 cm³/mol. The van der Waals surface area contributed by atoms with E-state index in [9.17, 15) is 4.79 Å². The van der Waals surface area contributed by atoms with Gasteiger partial charge in [0.25, 0.3) is 0 Å². The first-order chi connectivity index (χ1) is 9.33. The summed E-state index contributed by atoms with van der Waals surface area (Å²) in [4.78, 5) is 12.2. The number of fused-ring (bicyclic) bond motifs is 1. The summed E-state index contributed by atoms with van der Waals surface area (Å²) in [7, 11) is 0. The minimum Gasteiger partial charge on any atom is -0.374 e. The Labute approximate surface area is 113 Å². The van der Waals surface area contributed by atoms with Gasteiger partial charge in [0.15, 0.2) is 0 Å². The zero-order valence-corrected chi connectivity index (χ0v) is 11.0. The van der Waals surface area contributed by atoms with E-state index in [1.165, 1.54) is 11.1 Å². The van der Waals surface area contributed by atoms with Gasteiger partial charge in [0.1, 0.15) is 0 Å². The first-order valence-electron chi connectivity index (χ1n) is 7.00. The van der Waals surface area contributed by atoms with Gasteiger partial charge in [0.2, 0.25) is 5.91 Å². The fraction of sp³-hybridized carbons (Fsp3) is 0.533. The minimum atomic E-state index is 0.0916. The quantitative estimate of drug-likeness (QED) is 0.832. The van der Waals surface area contributed by atoms with Crippen molar-refractivity contribution in [2.24, 2.45) is 5.92 Å². The summed E-state index contributed by atoms with van der Waals surface area (Å²) in [6.07, 6.45) is 1.85. The van der Waals surface area contributed by atoms with Crippen LogP contribution >= 0.6 is 0 Å². The molecule has 1 aromatic carbocycles. The van der Waals surface area contributed by atoms with Crippen molar-refractivity contribution in [3.8, 4) is 0 Å². The molecule has 4 nitrogen and oxygen atoms in total. The largest absolute Gasteiger partial charge is 0.374 e. The van der Waals surface area contributed by atoms with Crippen molar-refractivity contribution in [2.75, 3.05) is 26.2 Å². The van der Waals surface area contributed by atoms with E-state index >= 15 is 0 Å². The van der Waals surface area contributed by atoms with E-state index in [0.717, 1.165) is 32.5 Å². The second-order valence-corrected chi connectivity index (χ2v) is 5.32. The summed E-state index contributed by atoms with van der Waals surface area (Å²) >= 11 is 0. The van der Waals surface area contributed by atoms with Crippen LogP contribution in [0.25, 0.3) is 0 Å². The number of ether oxygens (including phenoxy) is 1. The van der Waals surface area contributed by atoms with Crippen LogP contribution in [-0.2, 0) is 22.4 Å². The molecule has 0 aromatic heterocycles. The third-order valence-corrected chi connectivity index (χ3v) is 3.93. The third kappa shape index (κ3) is 2.96. The lowest BCUT2D eigenvalue weighted by Gasteiger charge is -2.24. The maximum Gasteiger partial charge on any atom is 0.223 e. The van der Waals surface area contributed by atoms with E-state index < -0.39 is 0 Å². The van der Waals surface area contributed by atoms with Crippen LogP contribution in [0.3, 0.4) is 0 Å². The van der Waals surface area contributed by atoms with Crippen molar-refractivity contribution in [3.05, 3.63) is 35.4 Å². The monoisotopic (exact) mass is 260 g/mol. The Morgan fingerprint density at radius 2 is 2.05 bits per heavy atom. The number of carbonyl (C=O) groups is 1. The van der Waals surface area contributed by atoms with Gasteiger partial charge in [-0.15, -0.1) is 0 Å². The van der Waals surface area contributed by atoms with Gasteiger partial charge in [-0.3, -0.25) is 4.79 Å². The molecule has 0 bridgehead atoms. The summed E-state index contributed by atoms with van der Waals surface area (Å²) in [5.41, 5.74) is 2.64. The van der Waals surface area contributed by atoms with Crippen molar-refractivity contribution < 1.29 is 9.53 Å². The van der Waals surface area contributed by atoms with Crippen LogP contribution in [0.15, 0.2) is 24.3 Å². The molecule has 0 saturated carbocycles. The molecule has 1 atom stereocenters. The van der Waals surface area contributed by atoms with Gasteiger partial charge in [-0.25, -0.2) is 0 Å². The first-order valence-corrected chi connectivity index (χ1v) is 7.00. The molecule has 1 saturated heterocycles. The number of rotatable bonds is 3. The summed E-state index contributed by atoms with van der Waals surface area (Å²) < 4.78 is 5.58. The van der Waals surface area contributed by atoms with E-state index in [1.54, 1.807) is 0 Å². The Bertz CT molecular complexity index is 430. The lowest BCUT2D eigenvalue weighted by Crippen LogP contribution is -2.46. The van der Waals surface area contributed by atoms with Gasteiger partial charge in [-0.1, -0.05) is 24.3 Å². The van der Waals surface area contributed by atoms with Crippen LogP contribution in [-0.4, -0.2) is 38.3 Å². The predicted octanol–water partition coefficient (Wildman–Crippen LogP) is 0.506. The maximum absolute atomic E-state index is 12.2.